The van der Waals surface area contributed by atoms with Gasteiger partial charge in [-0.2, -0.15) is 0 Å². The summed E-state index contributed by atoms with van der Waals surface area (Å²) in [7, 11) is 0. The number of aromatic nitrogens is 2. The summed E-state index contributed by atoms with van der Waals surface area (Å²) in [6.45, 7) is 4.89. The van der Waals surface area contributed by atoms with Crippen LogP contribution in [0.4, 0.5) is 17.3 Å². The van der Waals surface area contributed by atoms with Crippen LogP contribution >= 0.6 is 0 Å². The summed E-state index contributed by atoms with van der Waals surface area (Å²) in [6.07, 6.45) is 1.76. The monoisotopic (exact) mass is 228 g/mol. The molecular formula is C13H16N4. The zero-order chi connectivity index (χ0) is 12.1. The second-order valence-electron chi connectivity index (χ2n) is 3.72. The van der Waals surface area contributed by atoms with Crippen LogP contribution in [-0.4, -0.2) is 16.5 Å². The Morgan fingerprint density at radius 1 is 1.18 bits per heavy atom. The van der Waals surface area contributed by atoms with E-state index in [9.17, 15) is 0 Å². The van der Waals surface area contributed by atoms with E-state index in [-0.39, 0.29) is 0 Å². The van der Waals surface area contributed by atoms with Gasteiger partial charge in [-0.05, 0) is 38.1 Å². The predicted molar refractivity (Wildman–Crippen MR) is 70.7 cm³/mol. The SMILES string of the molecule is CCNc1cccnc1Nc1cccc(C)n1. The Morgan fingerprint density at radius 3 is 2.82 bits per heavy atom. The molecule has 88 valence electrons. The molecule has 0 spiro atoms. The van der Waals surface area contributed by atoms with Gasteiger partial charge in [0.15, 0.2) is 5.82 Å². The van der Waals surface area contributed by atoms with Crippen molar-refractivity contribution in [2.75, 3.05) is 17.2 Å². The van der Waals surface area contributed by atoms with Crippen LogP contribution < -0.4 is 10.6 Å². The molecule has 0 saturated heterocycles. The third-order valence-corrected chi connectivity index (χ3v) is 2.31. The van der Waals surface area contributed by atoms with Crippen molar-refractivity contribution in [2.45, 2.75) is 13.8 Å². The highest BCUT2D eigenvalue weighted by Gasteiger charge is 2.03. The Morgan fingerprint density at radius 2 is 2.06 bits per heavy atom. The lowest BCUT2D eigenvalue weighted by Crippen LogP contribution is -2.03. The minimum absolute atomic E-state index is 0.799. The average Bonchev–Trinajstić information content (AvgIpc) is 2.32. The lowest BCUT2D eigenvalue weighted by molar-refractivity contribution is 1.16. The van der Waals surface area contributed by atoms with Crippen LogP contribution in [-0.2, 0) is 0 Å². The first-order valence-corrected chi connectivity index (χ1v) is 5.69. The molecule has 0 radical (unpaired) electrons. The normalized spacial score (nSPS) is 10.0. The van der Waals surface area contributed by atoms with Crippen LogP contribution in [0.15, 0.2) is 36.5 Å². The molecule has 4 heteroatoms. The number of hydrogen-bond donors (Lipinski definition) is 2. The first kappa shape index (κ1) is 11.4. The Kier molecular flexibility index (Phi) is 3.55. The van der Waals surface area contributed by atoms with Crippen molar-refractivity contribution >= 4 is 17.3 Å². The summed E-state index contributed by atoms with van der Waals surface area (Å²) in [5.74, 6) is 1.61. The molecule has 2 aromatic rings. The summed E-state index contributed by atoms with van der Waals surface area (Å²) < 4.78 is 0. The minimum atomic E-state index is 0.799. The topological polar surface area (TPSA) is 49.8 Å². The largest absolute Gasteiger partial charge is 0.382 e. The van der Waals surface area contributed by atoms with Crippen molar-refractivity contribution in [1.82, 2.24) is 9.97 Å². The molecular weight excluding hydrogens is 212 g/mol. The highest BCUT2D eigenvalue weighted by atomic mass is 15.1. The quantitative estimate of drug-likeness (QED) is 0.844. The van der Waals surface area contributed by atoms with Gasteiger partial charge in [0.25, 0.3) is 0 Å². The zero-order valence-corrected chi connectivity index (χ0v) is 10.1. The van der Waals surface area contributed by atoms with E-state index in [1.54, 1.807) is 6.20 Å². The summed E-state index contributed by atoms with van der Waals surface area (Å²) in [5, 5.41) is 6.47. The van der Waals surface area contributed by atoms with Gasteiger partial charge in [0.2, 0.25) is 0 Å². The molecule has 0 unspecified atom stereocenters. The molecule has 2 heterocycles. The van der Waals surface area contributed by atoms with Crippen molar-refractivity contribution in [3.63, 3.8) is 0 Å². The third-order valence-electron chi connectivity index (χ3n) is 2.31. The molecule has 0 atom stereocenters. The molecule has 0 aliphatic carbocycles. The van der Waals surface area contributed by atoms with E-state index in [0.29, 0.717) is 0 Å². The van der Waals surface area contributed by atoms with Crippen molar-refractivity contribution in [1.29, 1.82) is 0 Å². The van der Waals surface area contributed by atoms with E-state index in [4.69, 9.17) is 0 Å². The van der Waals surface area contributed by atoms with Gasteiger partial charge in [0.1, 0.15) is 5.82 Å². The van der Waals surface area contributed by atoms with Gasteiger partial charge in [-0.1, -0.05) is 6.07 Å². The predicted octanol–water partition coefficient (Wildman–Crippen LogP) is 2.96. The van der Waals surface area contributed by atoms with Gasteiger partial charge >= 0.3 is 0 Å². The molecule has 0 bridgehead atoms. The van der Waals surface area contributed by atoms with Gasteiger partial charge in [-0.25, -0.2) is 9.97 Å². The van der Waals surface area contributed by atoms with Crippen molar-refractivity contribution in [3.8, 4) is 0 Å². The lowest BCUT2D eigenvalue weighted by Gasteiger charge is -2.11. The molecule has 0 amide bonds. The molecule has 0 aliphatic rings. The highest BCUT2D eigenvalue weighted by Crippen LogP contribution is 2.21. The summed E-state index contributed by atoms with van der Waals surface area (Å²) in [5.41, 5.74) is 1.97. The number of hydrogen-bond acceptors (Lipinski definition) is 4. The third kappa shape index (κ3) is 2.93. The van der Waals surface area contributed by atoms with E-state index < -0.39 is 0 Å². The van der Waals surface area contributed by atoms with E-state index in [1.165, 1.54) is 0 Å². The Labute approximate surface area is 101 Å². The Hall–Kier alpha value is -2.10. The van der Waals surface area contributed by atoms with Crippen LogP contribution in [0.2, 0.25) is 0 Å². The van der Waals surface area contributed by atoms with Crippen molar-refractivity contribution in [3.05, 3.63) is 42.2 Å². The second-order valence-corrected chi connectivity index (χ2v) is 3.72. The standard InChI is InChI=1S/C13H16N4/c1-3-14-11-7-5-9-15-13(11)17-12-8-4-6-10(2)16-12/h4-9,14H,3H2,1-2H3,(H,15,16,17). The fourth-order valence-electron chi connectivity index (χ4n) is 1.57. The highest BCUT2D eigenvalue weighted by molar-refractivity contribution is 5.68. The first-order valence-electron chi connectivity index (χ1n) is 5.69. The summed E-state index contributed by atoms with van der Waals surface area (Å²) >= 11 is 0. The molecule has 2 aromatic heterocycles. The van der Waals surface area contributed by atoms with Crippen molar-refractivity contribution in [2.24, 2.45) is 0 Å². The average molecular weight is 228 g/mol. The second kappa shape index (κ2) is 5.30. The van der Waals surface area contributed by atoms with E-state index in [2.05, 4.69) is 27.5 Å². The molecule has 2 rings (SSSR count). The van der Waals surface area contributed by atoms with Crippen LogP contribution in [0.5, 0.6) is 0 Å². The van der Waals surface area contributed by atoms with Gasteiger partial charge < -0.3 is 10.6 Å². The van der Waals surface area contributed by atoms with Crippen molar-refractivity contribution < 1.29 is 0 Å². The van der Waals surface area contributed by atoms with Crippen LogP contribution in [0.25, 0.3) is 0 Å². The van der Waals surface area contributed by atoms with Crippen LogP contribution in [0, 0.1) is 6.92 Å². The molecule has 17 heavy (non-hydrogen) atoms. The summed E-state index contributed by atoms with van der Waals surface area (Å²) in [6, 6.07) is 9.77. The maximum atomic E-state index is 4.39. The minimum Gasteiger partial charge on any atom is -0.382 e. The van der Waals surface area contributed by atoms with Gasteiger partial charge in [0, 0.05) is 18.4 Å². The Balaban J connectivity index is 2.23. The van der Waals surface area contributed by atoms with E-state index >= 15 is 0 Å². The lowest BCUT2D eigenvalue weighted by atomic mass is 10.3. The number of nitrogens with zero attached hydrogens (tertiary/aromatic N) is 2. The van der Waals surface area contributed by atoms with E-state index in [1.807, 2.05) is 37.3 Å². The zero-order valence-electron chi connectivity index (χ0n) is 10.1. The number of anilines is 3. The molecule has 0 saturated carbocycles. The molecule has 0 aliphatic heterocycles. The molecule has 4 nitrogen and oxygen atoms in total. The smallest absolute Gasteiger partial charge is 0.154 e. The first-order chi connectivity index (χ1) is 8.29. The van der Waals surface area contributed by atoms with Crippen LogP contribution in [0.1, 0.15) is 12.6 Å². The number of aryl methyl sites for hydroxylation is 1. The molecule has 0 fully saturated rings. The van der Waals surface area contributed by atoms with Gasteiger partial charge in [0.05, 0.1) is 5.69 Å². The maximum Gasteiger partial charge on any atom is 0.154 e. The van der Waals surface area contributed by atoms with Gasteiger partial charge in [-0.15, -0.1) is 0 Å². The molecule has 2 N–H and O–H groups in total. The Bertz CT molecular complexity index is 496. The maximum absolute atomic E-state index is 4.39. The molecule has 0 aromatic carbocycles. The number of nitrogens with one attached hydrogen (secondary N) is 2. The number of rotatable bonds is 4. The summed E-state index contributed by atoms with van der Waals surface area (Å²) in [4.78, 5) is 8.70. The van der Waals surface area contributed by atoms with Gasteiger partial charge in [-0.3, -0.25) is 0 Å². The fourth-order valence-corrected chi connectivity index (χ4v) is 1.57. The fraction of sp³-hybridized carbons (Fsp3) is 0.231. The number of pyridine rings is 2. The van der Waals surface area contributed by atoms with Crippen LogP contribution in [0.3, 0.4) is 0 Å². The van der Waals surface area contributed by atoms with E-state index in [0.717, 1.165) is 29.6 Å².